The van der Waals surface area contributed by atoms with E-state index in [9.17, 15) is 9.00 Å². The van der Waals surface area contributed by atoms with Gasteiger partial charge in [-0.2, -0.15) is 0 Å². The monoisotopic (exact) mass is 342 g/mol. The number of aromatic nitrogens is 1. The first-order valence-electron chi connectivity index (χ1n) is 8.41. The van der Waals surface area contributed by atoms with Gasteiger partial charge in [-0.3, -0.25) is 9.00 Å². The highest BCUT2D eigenvalue weighted by molar-refractivity contribution is 7.85. The van der Waals surface area contributed by atoms with Crippen molar-refractivity contribution < 1.29 is 9.00 Å². The molecule has 1 fully saturated rings. The van der Waals surface area contributed by atoms with Crippen molar-refractivity contribution in [2.75, 3.05) is 13.1 Å². The minimum absolute atomic E-state index is 0.0208. The van der Waals surface area contributed by atoms with E-state index in [1.165, 1.54) is 0 Å². The van der Waals surface area contributed by atoms with Crippen LogP contribution in [0.25, 0.3) is 0 Å². The van der Waals surface area contributed by atoms with Gasteiger partial charge in [0, 0.05) is 19.3 Å². The van der Waals surface area contributed by atoms with E-state index in [1.807, 2.05) is 42.2 Å². The van der Waals surface area contributed by atoms with Crippen LogP contribution in [0.15, 0.2) is 53.7 Å². The molecule has 0 N–H and O–H groups in total. The van der Waals surface area contributed by atoms with E-state index in [0.717, 1.165) is 37.9 Å². The molecule has 1 aromatic carbocycles. The molecule has 2 aromatic rings. The first-order chi connectivity index (χ1) is 11.7. The predicted octanol–water partition coefficient (Wildman–Crippen LogP) is 3.58. The van der Waals surface area contributed by atoms with Crippen LogP contribution in [-0.4, -0.2) is 33.1 Å². The maximum Gasteiger partial charge on any atom is 0.255 e. The Bertz CT molecular complexity index is 710. The van der Waals surface area contributed by atoms with Crippen LogP contribution in [0.4, 0.5) is 0 Å². The molecule has 0 spiro atoms. The Morgan fingerprint density at radius 1 is 1.17 bits per heavy atom. The second-order valence-corrected chi connectivity index (χ2v) is 7.57. The molecule has 1 amide bonds. The molecular weight excluding hydrogens is 320 g/mol. The zero-order chi connectivity index (χ0) is 16.9. The maximum absolute atomic E-state index is 12.9. The average Bonchev–Trinajstić information content (AvgIpc) is 3.17. The van der Waals surface area contributed by atoms with E-state index in [1.54, 1.807) is 18.3 Å². The Morgan fingerprint density at radius 3 is 2.46 bits per heavy atom. The number of carbonyl (C=O) groups is 1. The summed E-state index contributed by atoms with van der Waals surface area (Å²) in [5, 5.41) is 0.447. The van der Waals surface area contributed by atoms with Gasteiger partial charge in [0.2, 0.25) is 0 Å². The van der Waals surface area contributed by atoms with Crippen molar-refractivity contribution in [3.63, 3.8) is 0 Å². The summed E-state index contributed by atoms with van der Waals surface area (Å²) < 4.78 is 12.9. The van der Waals surface area contributed by atoms with Gasteiger partial charge in [-0.25, -0.2) is 4.98 Å². The van der Waals surface area contributed by atoms with Crippen LogP contribution in [-0.2, 0) is 10.8 Å². The van der Waals surface area contributed by atoms with Crippen molar-refractivity contribution in [2.45, 2.75) is 36.5 Å². The number of nitrogens with zero attached hydrogens (tertiary/aromatic N) is 2. The van der Waals surface area contributed by atoms with Gasteiger partial charge in [-0.05, 0) is 37.0 Å². The molecule has 2 heterocycles. The highest BCUT2D eigenvalue weighted by Crippen LogP contribution is 2.27. The van der Waals surface area contributed by atoms with Gasteiger partial charge >= 0.3 is 0 Å². The summed E-state index contributed by atoms with van der Waals surface area (Å²) >= 11 is 0. The van der Waals surface area contributed by atoms with E-state index in [0.29, 0.717) is 10.6 Å². The summed E-state index contributed by atoms with van der Waals surface area (Å²) in [5.41, 5.74) is 1.63. The van der Waals surface area contributed by atoms with E-state index in [-0.39, 0.29) is 11.2 Å². The fourth-order valence-corrected chi connectivity index (χ4v) is 4.41. The van der Waals surface area contributed by atoms with Crippen molar-refractivity contribution in [3.8, 4) is 0 Å². The van der Waals surface area contributed by atoms with E-state index in [2.05, 4.69) is 4.98 Å². The summed E-state index contributed by atoms with van der Waals surface area (Å²) in [6.45, 7) is 3.66. The molecule has 2 atom stereocenters. The third kappa shape index (κ3) is 3.56. The summed E-state index contributed by atoms with van der Waals surface area (Å²) in [4.78, 5) is 18.5. The van der Waals surface area contributed by atoms with Gasteiger partial charge in [0.25, 0.3) is 5.91 Å². The SMILES string of the molecule is CC[C@H](c1ccccc1)[S@@](=O)c1ccc(C(=O)N2CCCC2)cn1. The number of amides is 1. The number of likely N-dealkylation sites (tertiary alicyclic amines) is 1. The minimum Gasteiger partial charge on any atom is -0.339 e. The standard InChI is InChI=1S/C19H22N2O2S/c1-2-17(15-8-4-3-5-9-15)24(23)18-11-10-16(14-20-18)19(22)21-12-6-7-13-21/h3-5,8-11,14,17H,2,6-7,12-13H2,1H3/t17-,24-/m1/s1. The van der Waals surface area contributed by atoms with E-state index in [4.69, 9.17) is 0 Å². The van der Waals surface area contributed by atoms with Crippen molar-refractivity contribution in [3.05, 3.63) is 59.8 Å². The molecule has 1 aromatic heterocycles. The fourth-order valence-electron chi connectivity index (χ4n) is 3.05. The summed E-state index contributed by atoms with van der Waals surface area (Å²) in [6, 6.07) is 13.3. The lowest BCUT2D eigenvalue weighted by Gasteiger charge is -2.16. The molecule has 0 radical (unpaired) electrons. The van der Waals surface area contributed by atoms with E-state index < -0.39 is 10.8 Å². The second-order valence-electron chi connectivity index (χ2n) is 5.99. The molecule has 1 aliphatic heterocycles. The van der Waals surface area contributed by atoms with Gasteiger partial charge in [0.1, 0.15) is 5.03 Å². The molecule has 0 unspecified atom stereocenters. The Labute approximate surface area is 145 Å². The second kappa shape index (κ2) is 7.71. The lowest BCUT2D eigenvalue weighted by Crippen LogP contribution is -2.27. The van der Waals surface area contributed by atoms with Gasteiger partial charge in [0.15, 0.2) is 0 Å². The molecule has 1 saturated heterocycles. The minimum atomic E-state index is -1.23. The van der Waals surface area contributed by atoms with Gasteiger partial charge < -0.3 is 4.90 Å². The third-order valence-electron chi connectivity index (χ3n) is 4.38. The van der Waals surface area contributed by atoms with Crippen LogP contribution in [0.3, 0.4) is 0 Å². The summed E-state index contributed by atoms with van der Waals surface area (Å²) in [5.74, 6) is 0.0208. The molecule has 3 rings (SSSR count). The Hall–Kier alpha value is -2.01. The third-order valence-corrected chi connectivity index (χ3v) is 6.16. The Balaban J connectivity index is 1.77. The fraction of sp³-hybridized carbons (Fsp3) is 0.368. The largest absolute Gasteiger partial charge is 0.339 e. The lowest BCUT2D eigenvalue weighted by molar-refractivity contribution is 0.0792. The quantitative estimate of drug-likeness (QED) is 0.834. The first-order valence-corrected chi connectivity index (χ1v) is 9.63. The van der Waals surface area contributed by atoms with E-state index >= 15 is 0 Å². The normalized spacial score (nSPS) is 16.8. The molecule has 1 aliphatic rings. The molecule has 24 heavy (non-hydrogen) atoms. The van der Waals surface area contributed by atoms with Gasteiger partial charge in [0.05, 0.1) is 21.6 Å². The molecule has 5 heteroatoms. The molecule has 126 valence electrons. The van der Waals surface area contributed by atoms with Crippen LogP contribution < -0.4 is 0 Å². The maximum atomic E-state index is 12.9. The Kier molecular flexibility index (Phi) is 5.41. The summed E-state index contributed by atoms with van der Waals surface area (Å²) in [6.07, 6.45) is 4.46. The first kappa shape index (κ1) is 16.8. The van der Waals surface area contributed by atoms with Gasteiger partial charge in [-0.15, -0.1) is 0 Å². The van der Waals surface area contributed by atoms with Crippen LogP contribution in [0.1, 0.15) is 47.4 Å². The number of rotatable bonds is 5. The number of benzene rings is 1. The van der Waals surface area contributed by atoms with Gasteiger partial charge in [-0.1, -0.05) is 37.3 Å². The number of carbonyl (C=O) groups excluding carboxylic acids is 1. The topological polar surface area (TPSA) is 50.3 Å². The van der Waals surface area contributed by atoms with Crippen LogP contribution in [0, 0.1) is 0 Å². The van der Waals surface area contributed by atoms with Crippen LogP contribution >= 0.6 is 0 Å². The lowest BCUT2D eigenvalue weighted by atomic mass is 10.1. The zero-order valence-electron chi connectivity index (χ0n) is 13.9. The van der Waals surface area contributed by atoms with Crippen molar-refractivity contribution >= 4 is 16.7 Å². The highest BCUT2D eigenvalue weighted by atomic mass is 32.2. The van der Waals surface area contributed by atoms with Crippen molar-refractivity contribution in [1.29, 1.82) is 0 Å². The van der Waals surface area contributed by atoms with Crippen molar-refractivity contribution in [2.24, 2.45) is 0 Å². The average molecular weight is 342 g/mol. The highest BCUT2D eigenvalue weighted by Gasteiger charge is 2.22. The zero-order valence-corrected chi connectivity index (χ0v) is 14.7. The smallest absolute Gasteiger partial charge is 0.255 e. The Morgan fingerprint density at radius 2 is 1.88 bits per heavy atom. The number of hydrogen-bond donors (Lipinski definition) is 0. The molecule has 0 bridgehead atoms. The predicted molar refractivity (Wildman–Crippen MR) is 95.3 cm³/mol. The van der Waals surface area contributed by atoms with Crippen molar-refractivity contribution in [1.82, 2.24) is 9.88 Å². The van der Waals surface area contributed by atoms with Crippen LogP contribution in [0.5, 0.6) is 0 Å². The molecule has 0 aliphatic carbocycles. The number of hydrogen-bond acceptors (Lipinski definition) is 3. The molecule has 4 nitrogen and oxygen atoms in total. The molecular formula is C19H22N2O2S. The summed E-state index contributed by atoms with van der Waals surface area (Å²) in [7, 11) is -1.23. The molecule has 0 saturated carbocycles. The number of pyridine rings is 1. The van der Waals surface area contributed by atoms with Crippen LogP contribution in [0.2, 0.25) is 0 Å².